The minimum Gasteiger partial charge on any atom is -0.390 e. The van der Waals surface area contributed by atoms with E-state index in [-0.39, 0.29) is 85.3 Å². The Balaban J connectivity index is 0.000000131. The van der Waals surface area contributed by atoms with Crippen LogP contribution in [0, 0.1) is 20.8 Å². The fourth-order valence-corrected chi connectivity index (χ4v) is 20.5. The maximum Gasteiger partial charge on any atom is 0.323 e. The number of ether oxygens (including phenoxy) is 1. The van der Waals surface area contributed by atoms with Crippen LogP contribution in [0.3, 0.4) is 0 Å². The van der Waals surface area contributed by atoms with Crippen molar-refractivity contribution >= 4 is 75.2 Å². The molecular formula is C105H117F2N17O9S2. The number of amides is 2. The van der Waals surface area contributed by atoms with Crippen LogP contribution in [0.4, 0.5) is 13.6 Å². The molecule has 1 fully saturated rings. The minimum absolute atomic E-state index is 0.0497. The number of aliphatic hydroxyl groups is 3. The van der Waals surface area contributed by atoms with Crippen molar-refractivity contribution < 1.29 is 52.8 Å². The van der Waals surface area contributed by atoms with Gasteiger partial charge in [-0.25, -0.2) is 23.5 Å². The van der Waals surface area contributed by atoms with Crippen molar-refractivity contribution in [1.29, 1.82) is 0 Å². The van der Waals surface area contributed by atoms with Crippen LogP contribution in [0.25, 0.3) is 0 Å². The average molecular weight is 1860 g/mol. The zero-order valence-corrected chi connectivity index (χ0v) is 80.1. The number of likely N-dealkylation sites (tertiary alicyclic amines) is 1. The molecule has 30 heteroatoms. The maximum absolute atomic E-state index is 13.0. The molecular weight excluding hydrogens is 1750 g/mol. The van der Waals surface area contributed by atoms with Crippen LogP contribution in [0.5, 0.6) is 0 Å². The van der Waals surface area contributed by atoms with Gasteiger partial charge in [-0.1, -0.05) is 120 Å². The van der Waals surface area contributed by atoms with Crippen molar-refractivity contribution in [2.24, 2.45) is 27.0 Å². The number of nitrogens with one attached hydrogen (secondary N) is 1. The minimum atomic E-state index is -2.83. The van der Waals surface area contributed by atoms with E-state index >= 15 is 0 Å². The Morgan fingerprint density at radius 2 is 0.822 bits per heavy atom. The van der Waals surface area contributed by atoms with Gasteiger partial charge in [0.05, 0.1) is 104 Å². The molecule has 11 aromatic rings. The molecule has 4 aromatic carbocycles. The maximum atomic E-state index is 13.0. The highest BCUT2D eigenvalue weighted by molar-refractivity contribution is 7.10. The average Bonchev–Trinajstić information content (AvgIpc) is 1.65. The van der Waals surface area contributed by atoms with Gasteiger partial charge in [-0.05, 0) is 131 Å². The summed E-state index contributed by atoms with van der Waals surface area (Å²) < 4.78 is 33.3. The van der Waals surface area contributed by atoms with Crippen LogP contribution in [-0.2, 0) is 122 Å². The summed E-state index contributed by atoms with van der Waals surface area (Å²) >= 11 is 3.42. The van der Waals surface area contributed by atoms with Gasteiger partial charge in [-0.15, -0.1) is 22.7 Å². The second-order valence-electron chi connectivity index (χ2n) is 38.4. The van der Waals surface area contributed by atoms with Gasteiger partial charge >= 0.3 is 6.03 Å². The van der Waals surface area contributed by atoms with Crippen molar-refractivity contribution in [3.63, 3.8) is 0 Å². The van der Waals surface area contributed by atoms with E-state index in [2.05, 4.69) is 84.4 Å². The number of Topliss-reactive ketones (excluding diaryl/α,β-unsaturated/α-hetero) is 4. The summed E-state index contributed by atoms with van der Waals surface area (Å²) in [5.74, 6) is -0.0719. The molecule has 4 atom stereocenters. The number of nitrogens with zero attached hydrogens (tertiary/aromatic N) is 16. The summed E-state index contributed by atoms with van der Waals surface area (Å²) in [6, 6.07) is 41.3. The molecule has 0 radical (unpaired) electrons. The molecule has 702 valence electrons. The van der Waals surface area contributed by atoms with E-state index in [0.717, 1.165) is 176 Å². The van der Waals surface area contributed by atoms with Crippen molar-refractivity contribution in [2.75, 3.05) is 46.4 Å². The molecule has 0 spiro atoms. The topological polar surface area (TPSA) is 325 Å². The first-order chi connectivity index (χ1) is 64.6. The Kier molecular flexibility index (Phi) is 29.2. The molecule has 135 heavy (non-hydrogen) atoms. The Morgan fingerprint density at radius 1 is 0.459 bits per heavy atom. The number of urea groups is 1. The summed E-state index contributed by atoms with van der Waals surface area (Å²) in [4.78, 5) is 120. The van der Waals surface area contributed by atoms with Crippen LogP contribution in [-0.4, -0.2) is 196 Å². The summed E-state index contributed by atoms with van der Waals surface area (Å²) in [5.41, 5.74) is 24.0. The zero-order chi connectivity index (χ0) is 95.2. The molecule has 7 aromatic heterocycles. The normalized spacial score (nSPS) is 16.4. The number of halogens is 2. The molecule has 19 rings (SSSR count). The van der Waals surface area contributed by atoms with Gasteiger partial charge in [-0.2, -0.15) is 5.10 Å². The Labute approximate surface area is 794 Å². The van der Waals surface area contributed by atoms with E-state index in [1.807, 2.05) is 165 Å². The molecule has 0 aliphatic carbocycles. The number of benzene rings is 4. The van der Waals surface area contributed by atoms with Crippen LogP contribution >= 0.6 is 22.7 Å². The number of rotatable bonds is 25. The van der Waals surface area contributed by atoms with E-state index in [9.17, 15) is 48.1 Å². The molecule has 8 aliphatic heterocycles. The lowest BCUT2D eigenvalue weighted by Crippen LogP contribution is -2.61. The third kappa shape index (κ3) is 23.6. The van der Waals surface area contributed by atoms with Crippen molar-refractivity contribution in [2.45, 2.75) is 225 Å². The van der Waals surface area contributed by atoms with Gasteiger partial charge in [0.15, 0.2) is 0 Å². The Bertz CT molecular complexity index is 6320. The van der Waals surface area contributed by atoms with Gasteiger partial charge in [0, 0.05) is 226 Å². The number of fused-ring (bicyclic) bond motifs is 7. The van der Waals surface area contributed by atoms with Crippen LogP contribution in [0.15, 0.2) is 189 Å². The number of aryl methyl sites for hydroxylation is 4. The summed E-state index contributed by atoms with van der Waals surface area (Å²) in [5, 5.41) is 39.3. The van der Waals surface area contributed by atoms with Gasteiger partial charge < -0.3 is 39.7 Å². The van der Waals surface area contributed by atoms with Crippen molar-refractivity contribution in [3.8, 4) is 0 Å². The molecule has 8 aliphatic rings. The molecule has 4 N–H and O–H groups in total. The van der Waals surface area contributed by atoms with Crippen molar-refractivity contribution in [3.05, 3.63) is 308 Å². The third-order valence-electron chi connectivity index (χ3n) is 26.3. The van der Waals surface area contributed by atoms with Gasteiger partial charge in [0.1, 0.15) is 46.5 Å². The third-order valence-corrected chi connectivity index (χ3v) is 28.0. The van der Waals surface area contributed by atoms with E-state index in [1.165, 1.54) is 32.4 Å². The molecule has 0 saturated carbocycles. The predicted octanol–water partition coefficient (Wildman–Crippen LogP) is 14.9. The highest BCUT2D eigenvalue weighted by atomic mass is 32.1. The number of hydrogen-bond donors (Lipinski definition) is 4. The smallest absolute Gasteiger partial charge is 0.323 e. The second kappa shape index (κ2) is 41.1. The van der Waals surface area contributed by atoms with Crippen LogP contribution < -0.4 is 5.32 Å². The second-order valence-corrected chi connectivity index (χ2v) is 40.3. The number of methoxy groups -OCH3 is 1. The molecule has 1 saturated heterocycles. The largest absolute Gasteiger partial charge is 0.390 e. The first kappa shape index (κ1) is 95.8. The van der Waals surface area contributed by atoms with Gasteiger partial charge in [0.25, 0.3) is 5.92 Å². The van der Waals surface area contributed by atoms with Gasteiger partial charge in [-0.3, -0.25) is 69.1 Å². The lowest BCUT2D eigenvalue weighted by atomic mass is 9.80. The highest BCUT2D eigenvalue weighted by Crippen LogP contribution is 2.39. The van der Waals surface area contributed by atoms with E-state index in [4.69, 9.17) is 19.7 Å². The monoisotopic (exact) mass is 1860 g/mol. The summed E-state index contributed by atoms with van der Waals surface area (Å²) in [7, 11) is 3.64. The SMILES string of the molecule is COC[C@@H](CC(=O)Cc1cc2c(cn1)C(N1CCc3ncsc3C1)=NC2)c1ccccc1.Cc1ccc([C@H](CC(=O)Cc2cc3c(cn2)C(N2CCc4ncsc4C2)=NC3)C(C)(C)O)cc1.Cc1ccc([C@H](CC(=O)Cc2cc3c(cn2)C(N2CCc4nn(C)cc4C2)=NC3)C(C)(C)O)cc1.Cc1ccc([C@H](CC(=O)Cc2cc3c(cn2)C(NC(=O)N2CC(F)(F)C2)=NC3)C(C)(C)O)cc1. The molecule has 26 nitrogen and oxygen atoms in total. The van der Waals surface area contributed by atoms with Crippen molar-refractivity contribution in [1.82, 2.24) is 64.6 Å². The predicted molar refractivity (Wildman–Crippen MR) is 518 cm³/mol. The highest BCUT2D eigenvalue weighted by Gasteiger charge is 2.47. The number of pyridine rings is 4. The van der Waals surface area contributed by atoms with Crippen LogP contribution in [0.2, 0.25) is 0 Å². The standard InChI is InChI=1S/C28H33N5O2.C27H30N4O2S.C25H28F2N4O3.C25H26N4O2S/c1-18-5-7-19(8-6-18)25(28(2,3)35)13-23(34)12-22-11-20-14-30-27(24(20)15-29-22)33-10-9-26-21(17-33)16-32(4)31-26;1-17-4-6-18(7-5-17)23(27(2,3)33)12-21(32)11-20-10-19-13-29-26(22(19)14-28-20)31-9-8-24-25(15-31)34-16-30-24;1-15-4-6-16(7-5-15)21(24(2,3)34)10-19(32)9-18-8-17-11-29-22(20(17)12-28-18)30-23(33)31-13-25(26,27)14-31;1-31-15-19(17-5-3-2-4-6-17)10-21(30)11-20-9-18-12-27-25(22(18)13-26-20)29-8-7-23-24(14-29)32-16-28-23/h5-8,11,15-16,25,35H,9-10,12-14,17H2,1-4H3;4-7,10,14,16,23,33H,8-9,11-13,15H2,1-3H3;4-8,12,21,34H,9-11,13-14H2,1-3H3,(H,29,30,33);2-6,9,13,16,19H,7-8,10-12,14-15H2,1H3/t25-;23-;21-;19-/m0001/s1. The lowest BCUT2D eigenvalue weighted by Gasteiger charge is -2.38. The molecule has 0 unspecified atom stereocenters. The number of aliphatic imine (C=N–C) groups is 4. The van der Waals surface area contributed by atoms with Crippen LogP contribution in [0.1, 0.15) is 230 Å². The quantitative estimate of drug-likeness (QED) is 0.0413. The Hall–Kier alpha value is -12.3. The fourth-order valence-electron chi connectivity index (χ4n) is 18.9. The molecule has 15 heterocycles. The summed E-state index contributed by atoms with van der Waals surface area (Å²) in [6.07, 6.45) is 14.2. The number of ketones is 4. The molecule has 2 amide bonds. The fraction of sp³-hybridized carbons (Fsp3) is 0.410. The lowest BCUT2D eigenvalue weighted by molar-refractivity contribution is -0.121. The van der Waals surface area contributed by atoms with E-state index in [1.54, 1.807) is 83.6 Å². The zero-order valence-electron chi connectivity index (χ0n) is 78.5. The first-order valence-corrected chi connectivity index (χ1v) is 47.9. The summed E-state index contributed by atoms with van der Waals surface area (Å²) in [6.45, 7) is 23.3. The Morgan fingerprint density at radius 3 is 1.21 bits per heavy atom. The van der Waals surface area contributed by atoms with Gasteiger partial charge in [0.2, 0.25) is 0 Å². The number of thiazole rings is 2. The number of hydrogen-bond acceptors (Lipinski definition) is 25. The number of carbonyl (C=O) groups excluding carboxylic acids is 5. The number of amidine groups is 4. The molecule has 0 bridgehead atoms. The number of aromatic nitrogens is 8. The van der Waals surface area contributed by atoms with E-state index in [0.29, 0.717) is 62.7 Å². The van der Waals surface area contributed by atoms with E-state index < -0.39 is 41.8 Å². The number of alkyl halides is 2. The number of carbonyl (C=O) groups is 5. The first-order valence-electron chi connectivity index (χ1n) is 46.2.